The van der Waals surface area contributed by atoms with Gasteiger partial charge in [-0.05, 0) is 31.8 Å². The molecule has 1 aromatic rings. The number of likely N-dealkylation sites (N-methyl/N-ethyl adjacent to an activating group) is 1. The van der Waals surface area contributed by atoms with Crippen molar-refractivity contribution in [1.29, 1.82) is 0 Å². The largest absolute Gasteiger partial charge is 0.492 e. The number of nitrogens with zero attached hydrogens (tertiary/aromatic N) is 1. The van der Waals surface area contributed by atoms with Crippen molar-refractivity contribution in [3.05, 3.63) is 35.4 Å². The van der Waals surface area contributed by atoms with Gasteiger partial charge in [0, 0.05) is 6.42 Å². The zero-order valence-corrected chi connectivity index (χ0v) is 12.3. The third-order valence-electron chi connectivity index (χ3n) is 3.65. The van der Waals surface area contributed by atoms with Crippen LogP contribution in [0, 0.1) is 0 Å². The highest BCUT2D eigenvalue weighted by Crippen LogP contribution is 2.39. The summed E-state index contributed by atoms with van der Waals surface area (Å²) >= 11 is 0. The zero-order valence-electron chi connectivity index (χ0n) is 11.5. The van der Waals surface area contributed by atoms with Crippen LogP contribution in [0.4, 0.5) is 0 Å². The molecule has 2 aliphatic heterocycles. The van der Waals surface area contributed by atoms with Crippen LogP contribution in [0.15, 0.2) is 29.8 Å². The molecule has 0 saturated heterocycles. The van der Waals surface area contributed by atoms with Crippen LogP contribution >= 0.6 is 0 Å². The maximum atomic E-state index is 12.0. The Morgan fingerprint density at radius 2 is 2.00 bits per heavy atom. The average Bonchev–Trinajstić information content (AvgIpc) is 2.56. The van der Waals surface area contributed by atoms with E-state index in [1.165, 1.54) is 0 Å². The summed E-state index contributed by atoms with van der Waals surface area (Å²) in [5.74, 6) is 1.11. The fourth-order valence-corrected chi connectivity index (χ4v) is 4.07. The van der Waals surface area contributed by atoms with Crippen LogP contribution in [0.25, 0.3) is 5.76 Å². The molecule has 0 amide bonds. The Bertz CT molecular complexity index is 664. The second kappa shape index (κ2) is 4.79. The topological polar surface area (TPSA) is 55.8 Å². The van der Waals surface area contributed by atoms with E-state index in [0.29, 0.717) is 24.5 Å². The number of fused-ring (bicyclic) bond motifs is 2. The molecule has 0 bridgehead atoms. The van der Waals surface area contributed by atoms with Crippen molar-refractivity contribution in [3.63, 3.8) is 0 Å². The Hall–Kier alpha value is -1.53. The molecule has 0 aromatic heterocycles. The molecule has 0 saturated carbocycles. The molecule has 3 rings (SSSR count). The minimum absolute atomic E-state index is 0.0129. The molecule has 1 unspecified atom stereocenters. The summed E-state index contributed by atoms with van der Waals surface area (Å²) in [7, 11) is 0.204. The Morgan fingerprint density at radius 1 is 1.25 bits per heavy atom. The van der Waals surface area contributed by atoms with E-state index >= 15 is 0 Å². The first-order valence-corrected chi connectivity index (χ1v) is 8.09. The van der Waals surface area contributed by atoms with Crippen LogP contribution in [0.2, 0.25) is 0 Å². The van der Waals surface area contributed by atoms with Gasteiger partial charge in [-0.25, -0.2) is 0 Å². The van der Waals surface area contributed by atoms with Gasteiger partial charge in [-0.2, -0.15) is 8.42 Å². The lowest BCUT2D eigenvalue weighted by Gasteiger charge is -2.31. The summed E-state index contributed by atoms with van der Waals surface area (Å²) in [6, 6.07) is 7.22. The predicted molar refractivity (Wildman–Crippen MR) is 75.8 cm³/mol. The van der Waals surface area contributed by atoms with Crippen molar-refractivity contribution in [1.82, 2.24) is 4.90 Å². The molecule has 0 fully saturated rings. The van der Waals surface area contributed by atoms with Crippen LogP contribution in [-0.4, -0.2) is 45.8 Å². The van der Waals surface area contributed by atoms with E-state index in [2.05, 4.69) is 0 Å². The molecule has 2 heterocycles. The van der Waals surface area contributed by atoms with Gasteiger partial charge in [0.05, 0.1) is 18.2 Å². The maximum absolute atomic E-state index is 12.0. The molecule has 0 N–H and O–H groups in total. The first-order valence-electron chi connectivity index (χ1n) is 6.52. The maximum Gasteiger partial charge on any atom is 0.311 e. The summed E-state index contributed by atoms with van der Waals surface area (Å²) in [5.41, 5.74) is 1.71. The summed E-state index contributed by atoms with van der Waals surface area (Å²) < 4.78 is 35.0. The third kappa shape index (κ3) is 2.29. The SMILES string of the molecule is CN(C)C1CS(=O)(=O)OC2=C1CCOc1ccccc12. The fourth-order valence-electron chi connectivity index (χ4n) is 2.67. The Kier molecular flexibility index (Phi) is 3.22. The number of rotatable bonds is 1. The van der Waals surface area contributed by atoms with Crippen LogP contribution < -0.4 is 4.74 Å². The average molecular weight is 295 g/mol. The minimum atomic E-state index is -3.56. The van der Waals surface area contributed by atoms with E-state index in [1.807, 2.05) is 43.3 Å². The third-order valence-corrected chi connectivity index (χ3v) is 4.79. The van der Waals surface area contributed by atoms with Crippen molar-refractivity contribution in [2.45, 2.75) is 12.5 Å². The lowest BCUT2D eigenvalue weighted by atomic mass is 9.99. The molecule has 6 heteroatoms. The van der Waals surface area contributed by atoms with E-state index < -0.39 is 10.1 Å². The second-order valence-electron chi connectivity index (χ2n) is 5.24. The minimum Gasteiger partial charge on any atom is -0.492 e. The molecular weight excluding hydrogens is 278 g/mol. The summed E-state index contributed by atoms with van der Waals surface area (Å²) in [5, 5.41) is 0. The smallest absolute Gasteiger partial charge is 0.311 e. The van der Waals surface area contributed by atoms with Crippen LogP contribution in [0.5, 0.6) is 5.75 Å². The van der Waals surface area contributed by atoms with Crippen molar-refractivity contribution in [3.8, 4) is 5.75 Å². The lowest BCUT2D eigenvalue weighted by Crippen LogP contribution is -2.40. The molecule has 0 spiro atoms. The molecule has 5 nitrogen and oxygen atoms in total. The molecular formula is C14H17NO4S. The van der Waals surface area contributed by atoms with Crippen LogP contribution in [0.1, 0.15) is 12.0 Å². The van der Waals surface area contributed by atoms with Gasteiger partial charge in [-0.15, -0.1) is 0 Å². The van der Waals surface area contributed by atoms with Crippen molar-refractivity contribution >= 4 is 15.9 Å². The standard InChI is InChI=1S/C14H17NO4S/c1-15(2)12-9-20(16,17)19-14-10(12)7-8-18-13-6-4-3-5-11(13)14/h3-6,12H,7-9H2,1-2H3. The Balaban J connectivity index is 2.20. The summed E-state index contributed by atoms with van der Waals surface area (Å²) in [6.07, 6.45) is 0.669. The Morgan fingerprint density at radius 3 is 2.75 bits per heavy atom. The van der Waals surface area contributed by atoms with E-state index in [-0.39, 0.29) is 11.8 Å². The molecule has 0 aliphatic carbocycles. The zero-order chi connectivity index (χ0) is 14.3. The Labute approximate surface area is 118 Å². The second-order valence-corrected chi connectivity index (χ2v) is 6.85. The van der Waals surface area contributed by atoms with Gasteiger partial charge in [0.1, 0.15) is 11.5 Å². The van der Waals surface area contributed by atoms with Crippen LogP contribution in [0.3, 0.4) is 0 Å². The first kappa shape index (κ1) is 13.5. The van der Waals surface area contributed by atoms with Crippen LogP contribution in [-0.2, 0) is 14.3 Å². The number of benzene rings is 1. The molecule has 108 valence electrons. The number of hydrogen-bond acceptors (Lipinski definition) is 5. The number of para-hydroxylation sites is 1. The molecule has 0 radical (unpaired) electrons. The van der Waals surface area contributed by atoms with Gasteiger partial charge in [-0.1, -0.05) is 12.1 Å². The van der Waals surface area contributed by atoms with E-state index in [9.17, 15) is 8.42 Å². The summed E-state index contributed by atoms with van der Waals surface area (Å²) in [6.45, 7) is 0.531. The molecule has 1 atom stereocenters. The normalized spacial score (nSPS) is 24.2. The van der Waals surface area contributed by atoms with Gasteiger partial charge in [0.2, 0.25) is 0 Å². The first-order chi connectivity index (χ1) is 9.48. The van der Waals surface area contributed by atoms with Crippen molar-refractivity contribution in [2.24, 2.45) is 0 Å². The van der Waals surface area contributed by atoms with Gasteiger partial charge in [0.25, 0.3) is 0 Å². The molecule has 2 aliphatic rings. The predicted octanol–water partition coefficient (Wildman–Crippen LogP) is 1.47. The summed E-state index contributed by atoms with van der Waals surface area (Å²) in [4.78, 5) is 1.92. The van der Waals surface area contributed by atoms with E-state index in [4.69, 9.17) is 8.92 Å². The molecule has 20 heavy (non-hydrogen) atoms. The highest BCUT2D eigenvalue weighted by Gasteiger charge is 2.37. The van der Waals surface area contributed by atoms with E-state index in [1.54, 1.807) is 0 Å². The highest BCUT2D eigenvalue weighted by atomic mass is 32.2. The quantitative estimate of drug-likeness (QED) is 0.734. The number of hydrogen-bond donors (Lipinski definition) is 0. The van der Waals surface area contributed by atoms with Gasteiger partial charge in [0.15, 0.2) is 5.76 Å². The monoisotopic (exact) mass is 295 g/mol. The molecule has 1 aromatic carbocycles. The number of ether oxygens (including phenoxy) is 1. The fraction of sp³-hybridized carbons (Fsp3) is 0.429. The van der Waals surface area contributed by atoms with E-state index in [0.717, 1.165) is 11.1 Å². The highest BCUT2D eigenvalue weighted by molar-refractivity contribution is 7.87. The van der Waals surface area contributed by atoms with Gasteiger partial charge < -0.3 is 13.8 Å². The van der Waals surface area contributed by atoms with Crippen molar-refractivity contribution in [2.75, 3.05) is 26.5 Å². The lowest BCUT2D eigenvalue weighted by molar-refractivity contribution is 0.296. The van der Waals surface area contributed by atoms with Crippen molar-refractivity contribution < 1.29 is 17.3 Å². The van der Waals surface area contributed by atoms with Gasteiger partial charge in [-0.3, -0.25) is 0 Å². The van der Waals surface area contributed by atoms with Gasteiger partial charge >= 0.3 is 10.1 Å².